The minimum absolute atomic E-state index is 0. The lowest BCUT2D eigenvalue weighted by Gasteiger charge is -2.18. The minimum Gasteiger partial charge on any atom is -0.376 e. The largest absolute Gasteiger partial charge is 0.386 e. The van der Waals surface area contributed by atoms with Crippen LogP contribution in [0.25, 0.3) is 0 Å². The Morgan fingerprint density at radius 3 is 2.29 bits per heavy atom. The standard InChI is InChI=1S/C7H5O2.C5H11NO.ClH/c8-7(9)6-4-2-1-3-5-6;1-5-4-6-2-3-7-5;/h1-5H;5-6H,2-4H2,1H3;1H. The summed E-state index contributed by atoms with van der Waals surface area (Å²) in [6.07, 6.45) is 0.425. The molecular weight excluding hydrogens is 242 g/mol. The summed E-state index contributed by atoms with van der Waals surface area (Å²) in [6.45, 7) is 4.98. The molecule has 1 atom stereocenters. The van der Waals surface area contributed by atoms with E-state index in [1.807, 2.05) is 0 Å². The smallest absolute Gasteiger partial charge is 0.376 e. The Balaban J connectivity index is 0.000000292. The normalized spacial score (nSPS) is 18.3. The molecule has 4 nitrogen and oxygen atoms in total. The van der Waals surface area contributed by atoms with Crippen molar-refractivity contribution in [3.63, 3.8) is 0 Å². The molecule has 5 heteroatoms. The summed E-state index contributed by atoms with van der Waals surface area (Å²) >= 11 is 0. The van der Waals surface area contributed by atoms with Crippen LogP contribution in [0.2, 0.25) is 0 Å². The van der Waals surface area contributed by atoms with Crippen molar-refractivity contribution < 1.29 is 14.6 Å². The van der Waals surface area contributed by atoms with Crippen LogP contribution in [-0.4, -0.2) is 31.8 Å². The molecular formula is C12H17ClNO3. The van der Waals surface area contributed by atoms with E-state index in [0.717, 1.165) is 19.7 Å². The summed E-state index contributed by atoms with van der Waals surface area (Å²) in [7, 11) is 0. The summed E-state index contributed by atoms with van der Waals surface area (Å²) in [6, 6.07) is 8.06. The van der Waals surface area contributed by atoms with Gasteiger partial charge < -0.3 is 10.1 Å². The number of halogens is 1. The number of hydrogen-bond donors (Lipinski definition) is 1. The van der Waals surface area contributed by atoms with E-state index < -0.39 is 5.97 Å². The Hall–Kier alpha value is -1.10. The summed E-state index contributed by atoms with van der Waals surface area (Å²) < 4.78 is 5.22. The Kier molecular flexibility index (Phi) is 8.40. The average Bonchev–Trinajstić information content (AvgIpc) is 2.32. The molecule has 1 fully saturated rings. The fourth-order valence-corrected chi connectivity index (χ4v) is 1.27. The molecule has 0 spiro atoms. The second-order valence-electron chi connectivity index (χ2n) is 3.54. The molecule has 0 saturated carbocycles. The first kappa shape index (κ1) is 15.9. The highest BCUT2D eigenvalue weighted by molar-refractivity contribution is 5.87. The van der Waals surface area contributed by atoms with Crippen molar-refractivity contribution in [1.29, 1.82) is 0 Å². The van der Waals surface area contributed by atoms with Gasteiger partial charge in [-0.15, -0.1) is 12.4 Å². The Bertz CT molecular complexity index is 313. The number of carbonyl (C=O) groups is 1. The third-order valence-electron chi connectivity index (χ3n) is 2.12. The predicted molar refractivity (Wildman–Crippen MR) is 67.0 cm³/mol. The molecule has 0 bridgehead atoms. The van der Waals surface area contributed by atoms with Gasteiger partial charge in [0.05, 0.1) is 18.3 Å². The van der Waals surface area contributed by atoms with Gasteiger partial charge in [0.1, 0.15) is 0 Å². The summed E-state index contributed by atoms with van der Waals surface area (Å²) in [5.74, 6) is -1.13. The molecule has 0 aliphatic carbocycles. The maximum atomic E-state index is 10.1. The van der Waals surface area contributed by atoms with Crippen LogP contribution in [0.15, 0.2) is 30.3 Å². The van der Waals surface area contributed by atoms with Crippen LogP contribution in [0.3, 0.4) is 0 Å². The first-order chi connectivity index (χ1) is 7.70. The molecule has 1 unspecified atom stereocenters. The van der Waals surface area contributed by atoms with Crippen molar-refractivity contribution in [1.82, 2.24) is 5.32 Å². The van der Waals surface area contributed by atoms with Crippen molar-refractivity contribution >= 4 is 18.4 Å². The van der Waals surface area contributed by atoms with Gasteiger partial charge in [0.15, 0.2) is 0 Å². The molecule has 17 heavy (non-hydrogen) atoms. The number of ether oxygens (including phenoxy) is 1. The first-order valence-electron chi connectivity index (χ1n) is 5.29. The van der Waals surface area contributed by atoms with Crippen molar-refractivity contribution in [2.75, 3.05) is 19.7 Å². The van der Waals surface area contributed by atoms with Crippen LogP contribution in [-0.2, 0) is 9.84 Å². The van der Waals surface area contributed by atoms with E-state index in [-0.39, 0.29) is 18.0 Å². The third-order valence-corrected chi connectivity index (χ3v) is 2.12. The Labute approximate surface area is 107 Å². The zero-order chi connectivity index (χ0) is 11.8. The van der Waals surface area contributed by atoms with Crippen molar-refractivity contribution in [3.05, 3.63) is 35.9 Å². The second-order valence-corrected chi connectivity index (χ2v) is 3.54. The number of nitrogens with one attached hydrogen (secondary N) is 1. The van der Waals surface area contributed by atoms with E-state index in [1.54, 1.807) is 18.2 Å². The van der Waals surface area contributed by atoms with Gasteiger partial charge in [0.2, 0.25) is 0 Å². The van der Waals surface area contributed by atoms with E-state index in [4.69, 9.17) is 4.74 Å². The molecule has 2 rings (SSSR count). The van der Waals surface area contributed by atoms with Crippen LogP contribution in [0.4, 0.5) is 0 Å². The molecule has 1 aliphatic rings. The van der Waals surface area contributed by atoms with Crippen LogP contribution < -0.4 is 5.32 Å². The van der Waals surface area contributed by atoms with Crippen LogP contribution in [0.5, 0.6) is 0 Å². The van der Waals surface area contributed by atoms with Gasteiger partial charge in [-0.2, -0.15) is 0 Å². The van der Waals surface area contributed by atoms with Crippen molar-refractivity contribution in [2.45, 2.75) is 13.0 Å². The lowest BCUT2D eigenvalue weighted by atomic mass is 10.2. The molecule has 1 radical (unpaired) electrons. The van der Waals surface area contributed by atoms with E-state index in [2.05, 4.69) is 12.2 Å². The van der Waals surface area contributed by atoms with Crippen LogP contribution in [0.1, 0.15) is 17.3 Å². The maximum Gasteiger partial charge on any atom is 0.386 e. The number of rotatable bonds is 1. The molecule has 1 N–H and O–H groups in total. The number of hydrogen-bond acceptors (Lipinski definition) is 3. The van der Waals surface area contributed by atoms with E-state index in [1.165, 1.54) is 12.1 Å². The number of carbonyl (C=O) groups excluding carboxylic acids is 1. The molecule has 95 valence electrons. The summed E-state index contributed by atoms with van der Waals surface area (Å²) in [5, 5.41) is 13.3. The maximum absolute atomic E-state index is 10.1. The SMILES string of the molecule is CC1CNCCO1.Cl.[O]C(=O)c1ccccc1. The van der Waals surface area contributed by atoms with E-state index >= 15 is 0 Å². The summed E-state index contributed by atoms with van der Waals surface area (Å²) in [5.41, 5.74) is 0.220. The molecule has 1 aromatic carbocycles. The third kappa shape index (κ3) is 6.94. The van der Waals surface area contributed by atoms with E-state index in [9.17, 15) is 9.90 Å². The fourth-order valence-electron chi connectivity index (χ4n) is 1.27. The van der Waals surface area contributed by atoms with Crippen LogP contribution >= 0.6 is 12.4 Å². The predicted octanol–water partition coefficient (Wildman–Crippen LogP) is 1.67. The number of benzene rings is 1. The highest BCUT2D eigenvalue weighted by atomic mass is 35.5. The van der Waals surface area contributed by atoms with Gasteiger partial charge in [-0.25, -0.2) is 9.90 Å². The monoisotopic (exact) mass is 258 g/mol. The second kappa shape index (κ2) is 8.98. The minimum atomic E-state index is -1.13. The van der Waals surface area contributed by atoms with Gasteiger partial charge in [-0.05, 0) is 19.1 Å². The Morgan fingerprint density at radius 2 is 2.00 bits per heavy atom. The van der Waals surface area contributed by atoms with E-state index in [0.29, 0.717) is 6.10 Å². The zero-order valence-corrected chi connectivity index (χ0v) is 10.5. The molecule has 1 aromatic rings. The van der Waals surface area contributed by atoms with Crippen LogP contribution in [0, 0.1) is 0 Å². The zero-order valence-electron chi connectivity index (χ0n) is 9.72. The topological polar surface area (TPSA) is 58.2 Å². The molecule has 0 aromatic heterocycles. The first-order valence-corrected chi connectivity index (χ1v) is 5.29. The molecule has 1 saturated heterocycles. The molecule has 0 amide bonds. The summed E-state index contributed by atoms with van der Waals surface area (Å²) in [4.78, 5) is 10.1. The lowest BCUT2D eigenvalue weighted by molar-refractivity contribution is 0.0410. The van der Waals surface area contributed by atoms with Gasteiger partial charge >= 0.3 is 5.97 Å². The highest BCUT2D eigenvalue weighted by Gasteiger charge is 2.04. The van der Waals surface area contributed by atoms with Gasteiger partial charge in [-0.1, -0.05) is 18.2 Å². The average molecular weight is 259 g/mol. The van der Waals surface area contributed by atoms with Crippen molar-refractivity contribution in [3.8, 4) is 0 Å². The fraction of sp³-hybridized carbons (Fsp3) is 0.417. The quantitative estimate of drug-likeness (QED) is 0.834. The lowest BCUT2D eigenvalue weighted by Crippen LogP contribution is -2.36. The van der Waals surface area contributed by atoms with Gasteiger partial charge in [0.25, 0.3) is 0 Å². The molecule has 1 aliphatic heterocycles. The van der Waals surface area contributed by atoms with Crippen molar-refractivity contribution in [2.24, 2.45) is 0 Å². The molecule has 1 heterocycles. The highest BCUT2D eigenvalue weighted by Crippen LogP contribution is 1.96. The van der Waals surface area contributed by atoms with Gasteiger partial charge in [-0.3, -0.25) is 0 Å². The van der Waals surface area contributed by atoms with Gasteiger partial charge in [0, 0.05) is 13.1 Å². The Morgan fingerprint density at radius 1 is 1.35 bits per heavy atom. The number of morpholine rings is 1.